The number of halogens is 1. The van der Waals surface area contributed by atoms with E-state index in [1.54, 1.807) is 11.3 Å². The fourth-order valence-corrected chi connectivity index (χ4v) is 2.71. The van der Waals surface area contributed by atoms with Crippen molar-refractivity contribution >= 4 is 27.3 Å². The summed E-state index contributed by atoms with van der Waals surface area (Å²) in [5.74, 6) is 0. The van der Waals surface area contributed by atoms with E-state index >= 15 is 0 Å². The second-order valence-corrected chi connectivity index (χ2v) is 5.48. The summed E-state index contributed by atoms with van der Waals surface area (Å²) in [5.41, 5.74) is 7.28. The van der Waals surface area contributed by atoms with E-state index in [2.05, 4.69) is 35.5 Å². The first kappa shape index (κ1) is 11.0. The van der Waals surface area contributed by atoms with E-state index in [4.69, 9.17) is 5.73 Å². The van der Waals surface area contributed by atoms with Crippen LogP contribution < -0.4 is 5.73 Å². The summed E-state index contributed by atoms with van der Waals surface area (Å²) in [6.45, 7) is 5.78. The molecular formula is C10H14BrNS. The Morgan fingerprint density at radius 1 is 1.77 bits per heavy atom. The molecule has 1 heterocycles. The van der Waals surface area contributed by atoms with Crippen LogP contribution in [0, 0.1) is 6.92 Å². The Kier molecular flexibility index (Phi) is 4.16. The zero-order valence-corrected chi connectivity index (χ0v) is 10.1. The van der Waals surface area contributed by atoms with Gasteiger partial charge >= 0.3 is 0 Å². The minimum Gasteiger partial charge on any atom is -0.323 e. The van der Waals surface area contributed by atoms with Crippen LogP contribution in [0.15, 0.2) is 22.5 Å². The molecule has 3 heteroatoms. The minimum absolute atomic E-state index is 0.160. The van der Waals surface area contributed by atoms with E-state index in [9.17, 15) is 0 Å². The third-order valence-corrected chi connectivity index (χ3v) is 4.19. The predicted octanol–water partition coefficient (Wildman–Crippen LogP) is 3.79. The fourth-order valence-electron chi connectivity index (χ4n) is 1.11. The Balaban J connectivity index is 2.65. The molecule has 13 heavy (non-hydrogen) atoms. The first-order valence-electron chi connectivity index (χ1n) is 4.27. The maximum Gasteiger partial charge on any atom is 0.0731 e. The van der Waals surface area contributed by atoms with Crippen LogP contribution in [0.1, 0.15) is 29.3 Å². The second kappa shape index (κ2) is 4.94. The zero-order valence-electron chi connectivity index (χ0n) is 7.72. The summed E-state index contributed by atoms with van der Waals surface area (Å²) in [6.07, 6.45) is 3.88. The molecule has 2 N–H and O–H groups in total. The van der Waals surface area contributed by atoms with Gasteiger partial charge in [0.2, 0.25) is 0 Å². The van der Waals surface area contributed by atoms with Gasteiger partial charge < -0.3 is 5.73 Å². The summed E-state index contributed by atoms with van der Waals surface area (Å²) in [6, 6.07) is 2.32. The van der Waals surface area contributed by atoms with Gasteiger partial charge in [0, 0.05) is 10.9 Å². The van der Waals surface area contributed by atoms with Gasteiger partial charge in [-0.15, -0.1) is 17.9 Å². The SMILES string of the molecule is C=CCCC(N)c1cc(C)c(Br)s1. The fraction of sp³-hybridized carbons (Fsp3) is 0.400. The minimum atomic E-state index is 0.160. The highest BCUT2D eigenvalue weighted by atomic mass is 79.9. The van der Waals surface area contributed by atoms with E-state index in [0.29, 0.717) is 0 Å². The molecule has 1 nitrogen and oxygen atoms in total. The molecule has 1 unspecified atom stereocenters. The molecule has 0 saturated heterocycles. The van der Waals surface area contributed by atoms with Crippen LogP contribution in [-0.4, -0.2) is 0 Å². The molecule has 1 aromatic heterocycles. The maximum atomic E-state index is 6.01. The lowest BCUT2D eigenvalue weighted by Gasteiger charge is -2.06. The number of hydrogen-bond acceptors (Lipinski definition) is 2. The molecule has 72 valence electrons. The lowest BCUT2D eigenvalue weighted by molar-refractivity contribution is 0.672. The molecule has 0 radical (unpaired) electrons. The van der Waals surface area contributed by atoms with E-state index in [1.165, 1.54) is 14.2 Å². The molecule has 0 amide bonds. The van der Waals surface area contributed by atoms with E-state index < -0.39 is 0 Å². The lowest BCUT2D eigenvalue weighted by atomic mass is 10.1. The number of rotatable bonds is 4. The van der Waals surface area contributed by atoms with Crippen molar-refractivity contribution in [3.8, 4) is 0 Å². The summed E-state index contributed by atoms with van der Waals surface area (Å²) in [5, 5.41) is 0. The average Bonchev–Trinajstić information content (AvgIpc) is 2.43. The number of nitrogens with two attached hydrogens (primary N) is 1. The summed E-state index contributed by atoms with van der Waals surface area (Å²) < 4.78 is 1.19. The van der Waals surface area contributed by atoms with Crippen molar-refractivity contribution in [1.29, 1.82) is 0 Å². The van der Waals surface area contributed by atoms with Crippen molar-refractivity contribution in [3.63, 3.8) is 0 Å². The monoisotopic (exact) mass is 259 g/mol. The molecule has 0 spiro atoms. The maximum absolute atomic E-state index is 6.01. The average molecular weight is 260 g/mol. The van der Waals surface area contributed by atoms with E-state index in [-0.39, 0.29) is 6.04 Å². The molecule has 0 bridgehead atoms. The van der Waals surface area contributed by atoms with Crippen LogP contribution in [0.25, 0.3) is 0 Å². The number of allylic oxidation sites excluding steroid dienone is 1. The quantitative estimate of drug-likeness (QED) is 0.819. The molecule has 0 fully saturated rings. The highest BCUT2D eigenvalue weighted by molar-refractivity contribution is 9.11. The van der Waals surface area contributed by atoms with Crippen LogP contribution in [-0.2, 0) is 0 Å². The van der Waals surface area contributed by atoms with Crippen molar-refractivity contribution in [1.82, 2.24) is 0 Å². The topological polar surface area (TPSA) is 26.0 Å². The molecule has 0 aliphatic heterocycles. The third kappa shape index (κ3) is 2.93. The zero-order chi connectivity index (χ0) is 9.84. The van der Waals surface area contributed by atoms with Crippen LogP contribution in [0.3, 0.4) is 0 Å². The van der Waals surface area contributed by atoms with Crippen molar-refractivity contribution in [2.75, 3.05) is 0 Å². The van der Waals surface area contributed by atoms with Crippen LogP contribution in [0.4, 0.5) is 0 Å². The van der Waals surface area contributed by atoms with Gasteiger partial charge in [0.1, 0.15) is 0 Å². The molecule has 1 rings (SSSR count). The Bertz CT molecular complexity index is 274. The molecule has 0 aliphatic carbocycles. The van der Waals surface area contributed by atoms with Gasteiger partial charge in [0.25, 0.3) is 0 Å². The van der Waals surface area contributed by atoms with Crippen LogP contribution in [0.2, 0.25) is 0 Å². The van der Waals surface area contributed by atoms with Gasteiger partial charge in [-0.3, -0.25) is 0 Å². The van der Waals surface area contributed by atoms with Crippen molar-refractivity contribution < 1.29 is 0 Å². The van der Waals surface area contributed by atoms with Crippen LogP contribution >= 0.6 is 27.3 Å². The standard InChI is InChI=1S/C10H14BrNS/c1-3-4-5-8(12)9-6-7(2)10(11)13-9/h3,6,8H,1,4-5,12H2,2H3. The largest absolute Gasteiger partial charge is 0.323 e. The van der Waals surface area contributed by atoms with Crippen molar-refractivity contribution in [3.05, 3.63) is 32.9 Å². The normalized spacial score (nSPS) is 12.8. The number of aryl methyl sites for hydroxylation is 1. The Morgan fingerprint density at radius 2 is 2.46 bits per heavy atom. The van der Waals surface area contributed by atoms with Gasteiger partial charge in [-0.25, -0.2) is 0 Å². The molecule has 1 aromatic rings. The highest BCUT2D eigenvalue weighted by Gasteiger charge is 2.09. The highest BCUT2D eigenvalue weighted by Crippen LogP contribution is 2.31. The molecule has 0 aromatic carbocycles. The van der Waals surface area contributed by atoms with Gasteiger partial charge in [0.05, 0.1) is 3.79 Å². The van der Waals surface area contributed by atoms with E-state index in [1.807, 2.05) is 6.08 Å². The first-order chi connectivity index (χ1) is 6.15. The summed E-state index contributed by atoms with van der Waals surface area (Å²) in [4.78, 5) is 1.26. The Labute approximate surface area is 91.8 Å². The summed E-state index contributed by atoms with van der Waals surface area (Å²) >= 11 is 5.23. The third-order valence-electron chi connectivity index (χ3n) is 1.92. The first-order valence-corrected chi connectivity index (χ1v) is 5.88. The summed E-state index contributed by atoms with van der Waals surface area (Å²) in [7, 11) is 0. The van der Waals surface area contributed by atoms with Gasteiger partial charge in [-0.2, -0.15) is 0 Å². The van der Waals surface area contributed by atoms with Gasteiger partial charge in [-0.05, 0) is 47.3 Å². The van der Waals surface area contributed by atoms with Gasteiger partial charge in [-0.1, -0.05) is 6.08 Å². The van der Waals surface area contributed by atoms with Crippen molar-refractivity contribution in [2.45, 2.75) is 25.8 Å². The Morgan fingerprint density at radius 3 is 2.92 bits per heavy atom. The Hall–Kier alpha value is -0.120. The van der Waals surface area contributed by atoms with Crippen molar-refractivity contribution in [2.24, 2.45) is 5.73 Å². The molecule has 0 aliphatic rings. The van der Waals surface area contributed by atoms with Crippen LogP contribution in [0.5, 0.6) is 0 Å². The smallest absolute Gasteiger partial charge is 0.0731 e. The predicted molar refractivity (Wildman–Crippen MR) is 63.1 cm³/mol. The lowest BCUT2D eigenvalue weighted by Crippen LogP contribution is -2.07. The molecule has 0 saturated carbocycles. The second-order valence-electron chi connectivity index (χ2n) is 3.08. The molecular weight excluding hydrogens is 246 g/mol. The van der Waals surface area contributed by atoms with Gasteiger partial charge in [0.15, 0.2) is 0 Å². The number of thiophene rings is 1. The van der Waals surface area contributed by atoms with E-state index in [0.717, 1.165) is 12.8 Å². The number of hydrogen-bond donors (Lipinski definition) is 1. The molecule has 1 atom stereocenters.